The summed E-state index contributed by atoms with van der Waals surface area (Å²) in [6.07, 6.45) is 3.54. The zero-order chi connectivity index (χ0) is 20.1. The molecule has 0 unspecified atom stereocenters. The van der Waals surface area contributed by atoms with Crippen LogP contribution >= 0.6 is 0 Å². The van der Waals surface area contributed by atoms with E-state index in [-0.39, 0.29) is 10.6 Å². The molecule has 0 aromatic heterocycles. The van der Waals surface area contributed by atoms with E-state index in [4.69, 9.17) is 9.47 Å². The highest BCUT2D eigenvalue weighted by molar-refractivity contribution is 7.89. The van der Waals surface area contributed by atoms with E-state index in [1.165, 1.54) is 23.5 Å². The third-order valence-electron chi connectivity index (χ3n) is 4.62. The molecule has 0 saturated carbocycles. The molecule has 0 atom stereocenters. The Balaban J connectivity index is 1.96. The van der Waals surface area contributed by atoms with Crippen molar-refractivity contribution in [1.82, 2.24) is 4.31 Å². The number of nitro benzene ring substituents is 1. The van der Waals surface area contributed by atoms with Gasteiger partial charge in [0.05, 0.1) is 16.9 Å². The van der Waals surface area contributed by atoms with Gasteiger partial charge in [0.2, 0.25) is 15.8 Å². The summed E-state index contributed by atoms with van der Waals surface area (Å²) in [6, 6.07) is 10.5. The minimum Gasteiger partial charge on any atom is -0.493 e. The van der Waals surface area contributed by atoms with Gasteiger partial charge in [0.1, 0.15) is 0 Å². The third kappa shape index (κ3) is 4.26. The predicted octanol–water partition coefficient (Wildman–Crippen LogP) is 3.96. The lowest BCUT2D eigenvalue weighted by molar-refractivity contribution is -0.385. The fraction of sp³-hybridized carbons (Fsp3) is 0.368. The van der Waals surface area contributed by atoms with Crippen molar-refractivity contribution in [3.05, 3.63) is 52.6 Å². The Kier molecular flexibility index (Phi) is 6.15. The molecule has 0 amide bonds. The molecule has 0 bridgehead atoms. The van der Waals surface area contributed by atoms with Crippen molar-refractivity contribution < 1.29 is 22.8 Å². The minimum atomic E-state index is -3.80. The SMILES string of the molecule is COc1ccccc1Oc1ccc(S(=O)(=O)N2CCCCCC2)cc1[N+](=O)[O-]. The second kappa shape index (κ2) is 8.57. The second-order valence-electron chi connectivity index (χ2n) is 6.46. The van der Waals surface area contributed by atoms with Gasteiger partial charge >= 0.3 is 5.69 Å². The second-order valence-corrected chi connectivity index (χ2v) is 8.40. The smallest absolute Gasteiger partial charge is 0.312 e. The van der Waals surface area contributed by atoms with Crippen LogP contribution in [0.1, 0.15) is 25.7 Å². The number of nitro groups is 1. The summed E-state index contributed by atoms with van der Waals surface area (Å²) in [6.45, 7) is 0.852. The Bertz CT molecular complexity index is 953. The predicted molar refractivity (Wildman–Crippen MR) is 103 cm³/mol. The summed E-state index contributed by atoms with van der Waals surface area (Å²) in [5.41, 5.74) is -0.415. The van der Waals surface area contributed by atoms with Crippen LogP contribution in [0.4, 0.5) is 5.69 Å². The van der Waals surface area contributed by atoms with Gasteiger partial charge in [0.15, 0.2) is 11.5 Å². The Hall–Kier alpha value is -2.65. The fourth-order valence-corrected chi connectivity index (χ4v) is 4.68. The molecule has 1 heterocycles. The number of hydrogen-bond acceptors (Lipinski definition) is 6. The molecule has 0 spiro atoms. The highest BCUT2D eigenvalue weighted by Crippen LogP contribution is 2.37. The van der Waals surface area contributed by atoms with E-state index in [0.29, 0.717) is 24.6 Å². The summed E-state index contributed by atoms with van der Waals surface area (Å²) >= 11 is 0. The number of rotatable bonds is 6. The molecular weight excluding hydrogens is 384 g/mol. The summed E-state index contributed by atoms with van der Waals surface area (Å²) in [5, 5.41) is 11.6. The first-order valence-corrected chi connectivity index (χ1v) is 10.5. The van der Waals surface area contributed by atoms with Gasteiger partial charge in [-0.3, -0.25) is 10.1 Å². The summed E-state index contributed by atoms with van der Waals surface area (Å²) in [7, 11) is -2.33. The van der Waals surface area contributed by atoms with Crippen LogP contribution in [-0.2, 0) is 10.0 Å². The van der Waals surface area contributed by atoms with E-state index >= 15 is 0 Å². The molecule has 2 aromatic carbocycles. The van der Waals surface area contributed by atoms with E-state index < -0.39 is 20.6 Å². The fourth-order valence-electron chi connectivity index (χ4n) is 3.14. The van der Waals surface area contributed by atoms with Crippen LogP contribution in [0, 0.1) is 10.1 Å². The van der Waals surface area contributed by atoms with Crippen molar-refractivity contribution in [1.29, 1.82) is 0 Å². The molecule has 8 nitrogen and oxygen atoms in total. The molecule has 2 aromatic rings. The molecule has 1 saturated heterocycles. The number of ether oxygens (including phenoxy) is 2. The summed E-state index contributed by atoms with van der Waals surface area (Å²) < 4.78 is 38.1. The van der Waals surface area contributed by atoms with Gasteiger partial charge in [-0.1, -0.05) is 25.0 Å². The van der Waals surface area contributed by atoms with Gasteiger partial charge in [0, 0.05) is 19.2 Å². The highest BCUT2D eigenvalue weighted by Gasteiger charge is 2.28. The van der Waals surface area contributed by atoms with Crippen LogP contribution in [0.3, 0.4) is 0 Å². The van der Waals surface area contributed by atoms with E-state index in [0.717, 1.165) is 31.7 Å². The average molecular weight is 406 g/mol. The minimum absolute atomic E-state index is 0.0516. The van der Waals surface area contributed by atoms with Crippen molar-refractivity contribution in [3.8, 4) is 17.2 Å². The van der Waals surface area contributed by atoms with Gasteiger partial charge in [-0.05, 0) is 37.1 Å². The molecule has 150 valence electrons. The van der Waals surface area contributed by atoms with Gasteiger partial charge < -0.3 is 9.47 Å². The standard InChI is InChI=1S/C19H22N2O6S/c1-26-18-8-4-5-9-19(18)27-17-11-10-15(14-16(17)21(22)23)28(24,25)20-12-6-2-3-7-13-20/h4-5,8-11,14H,2-3,6-7,12-13H2,1H3. The van der Waals surface area contributed by atoms with Crippen LogP contribution in [-0.4, -0.2) is 37.8 Å². The van der Waals surface area contributed by atoms with Crippen LogP contribution in [0.15, 0.2) is 47.4 Å². The van der Waals surface area contributed by atoms with Gasteiger partial charge in [-0.15, -0.1) is 0 Å². The normalized spacial score (nSPS) is 15.6. The molecule has 0 aliphatic carbocycles. The molecule has 3 rings (SSSR count). The zero-order valence-electron chi connectivity index (χ0n) is 15.5. The topological polar surface area (TPSA) is 99.0 Å². The van der Waals surface area contributed by atoms with Crippen LogP contribution in [0.5, 0.6) is 17.2 Å². The molecule has 0 radical (unpaired) electrons. The monoisotopic (exact) mass is 406 g/mol. The number of sulfonamides is 1. The lowest BCUT2D eigenvalue weighted by Crippen LogP contribution is -2.31. The van der Waals surface area contributed by atoms with Crippen molar-refractivity contribution in [2.24, 2.45) is 0 Å². The highest BCUT2D eigenvalue weighted by atomic mass is 32.2. The maximum atomic E-state index is 12.9. The molecule has 0 N–H and O–H groups in total. The first-order chi connectivity index (χ1) is 13.4. The Morgan fingerprint density at radius 3 is 2.21 bits per heavy atom. The molecule has 1 aliphatic heterocycles. The molecule has 9 heteroatoms. The Morgan fingerprint density at radius 2 is 1.61 bits per heavy atom. The van der Waals surface area contributed by atoms with Crippen molar-refractivity contribution in [2.45, 2.75) is 30.6 Å². The molecule has 28 heavy (non-hydrogen) atoms. The first kappa shape index (κ1) is 20.1. The number of benzene rings is 2. The molecular formula is C19H22N2O6S. The molecule has 1 aliphatic rings. The van der Waals surface area contributed by atoms with Crippen LogP contribution < -0.4 is 9.47 Å². The van der Waals surface area contributed by atoms with E-state index in [1.807, 2.05) is 0 Å². The first-order valence-electron chi connectivity index (χ1n) is 9.03. The lowest BCUT2D eigenvalue weighted by atomic mass is 10.2. The summed E-state index contributed by atoms with van der Waals surface area (Å²) in [5.74, 6) is 0.665. The summed E-state index contributed by atoms with van der Waals surface area (Å²) in [4.78, 5) is 10.8. The number of hydrogen-bond donors (Lipinski definition) is 0. The van der Waals surface area contributed by atoms with Crippen LogP contribution in [0.2, 0.25) is 0 Å². The quantitative estimate of drug-likeness (QED) is 0.532. The van der Waals surface area contributed by atoms with E-state index in [2.05, 4.69) is 0 Å². The molecule has 1 fully saturated rings. The van der Waals surface area contributed by atoms with Gasteiger partial charge in [-0.2, -0.15) is 4.31 Å². The van der Waals surface area contributed by atoms with Crippen LogP contribution in [0.25, 0.3) is 0 Å². The van der Waals surface area contributed by atoms with Crippen molar-refractivity contribution in [3.63, 3.8) is 0 Å². The Labute approximate surface area is 163 Å². The van der Waals surface area contributed by atoms with Gasteiger partial charge in [0.25, 0.3) is 0 Å². The number of methoxy groups -OCH3 is 1. The van der Waals surface area contributed by atoms with Crippen molar-refractivity contribution >= 4 is 15.7 Å². The Morgan fingerprint density at radius 1 is 0.964 bits per heavy atom. The maximum absolute atomic E-state index is 12.9. The van der Waals surface area contributed by atoms with E-state index in [9.17, 15) is 18.5 Å². The maximum Gasteiger partial charge on any atom is 0.312 e. The zero-order valence-corrected chi connectivity index (χ0v) is 16.4. The number of nitrogens with zero attached hydrogens (tertiary/aromatic N) is 2. The third-order valence-corrected chi connectivity index (χ3v) is 6.51. The van der Waals surface area contributed by atoms with Gasteiger partial charge in [-0.25, -0.2) is 8.42 Å². The lowest BCUT2D eigenvalue weighted by Gasteiger charge is -2.20. The largest absolute Gasteiger partial charge is 0.493 e. The average Bonchev–Trinajstić information content (AvgIpc) is 2.98. The number of para-hydroxylation sites is 2. The van der Waals surface area contributed by atoms with E-state index in [1.54, 1.807) is 24.3 Å². The van der Waals surface area contributed by atoms with Crippen molar-refractivity contribution in [2.75, 3.05) is 20.2 Å².